The quantitative estimate of drug-likeness (QED) is 0.800. The number of thioether (sulfide) groups is 1. The zero-order valence-electron chi connectivity index (χ0n) is 8.11. The number of halogens is 1. The van der Waals surface area contributed by atoms with Crippen molar-refractivity contribution in [3.8, 4) is 11.2 Å². The van der Waals surface area contributed by atoms with Gasteiger partial charge in [0.25, 0.3) is 0 Å². The lowest BCUT2D eigenvalue weighted by atomic mass is 10.1. The van der Waals surface area contributed by atoms with Crippen LogP contribution in [0.2, 0.25) is 0 Å². The summed E-state index contributed by atoms with van der Waals surface area (Å²) in [6, 6.07) is 4.13. The van der Waals surface area contributed by atoms with Crippen LogP contribution < -0.4 is 4.74 Å². The highest BCUT2D eigenvalue weighted by molar-refractivity contribution is 8.03. The van der Waals surface area contributed by atoms with Crippen molar-refractivity contribution in [3.63, 3.8) is 0 Å². The summed E-state index contributed by atoms with van der Waals surface area (Å²) >= 11 is 0.950. The van der Waals surface area contributed by atoms with E-state index in [4.69, 9.17) is 10.00 Å². The number of hydrogen-bond donors (Lipinski definition) is 1. The molecule has 0 bridgehead atoms. The summed E-state index contributed by atoms with van der Waals surface area (Å²) in [5.41, 5.74) is 0.538. The average Bonchev–Trinajstić information content (AvgIpc) is 2.26. The summed E-state index contributed by atoms with van der Waals surface area (Å²) in [6.07, 6.45) is -0.788. The standard InChI is InChI=1S/C10H10FNO2S/c1-14-10-4-7(2-3-8(10)11)9(13)5-15-6-12/h2-4,9,13H,5H2,1H3. The SMILES string of the molecule is COc1cc(C(O)CSC#N)ccc1F. The summed E-state index contributed by atoms with van der Waals surface area (Å²) in [7, 11) is 1.36. The molecule has 0 aliphatic rings. The Labute approximate surface area is 91.5 Å². The molecule has 1 rings (SSSR count). The van der Waals surface area contributed by atoms with Gasteiger partial charge in [-0.15, -0.1) is 0 Å². The van der Waals surface area contributed by atoms with Gasteiger partial charge in [0.15, 0.2) is 11.6 Å². The Morgan fingerprint density at radius 3 is 3.00 bits per heavy atom. The average molecular weight is 227 g/mol. The van der Waals surface area contributed by atoms with Gasteiger partial charge in [-0.2, -0.15) is 5.26 Å². The molecule has 1 aromatic rings. The highest BCUT2D eigenvalue weighted by Gasteiger charge is 2.11. The molecule has 0 amide bonds. The van der Waals surface area contributed by atoms with Gasteiger partial charge in [-0.25, -0.2) is 4.39 Å². The number of benzene rings is 1. The van der Waals surface area contributed by atoms with Crippen LogP contribution in [0.15, 0.2) is 18.2 Å². The Morgan fingerprint density at radius 2 is 2.40 bits per heavy atom. The lowest BCUT2D eigenvalue weighted by molar-refractivity contribution is 0.203. The topological polar surface area (TPSA) is 53.2 Å². The molecule has 0 heterocycles. The zero-order chi connectivity index (χ0) is 11.3. The molecule has 0 aliphatic heterocycles. The number of nitriles is 1. The molecule has 1 atom stereocenters. The molecule has 5 heteroatoms. The van der Waals surface area contributed by atoms with E-state index in [-0.39, 0.29) is 11.5 Å². The van der Waals surface area contributed by atoms with E-state index in [1.165, 1.54) is 25.3 Å². The molecule has 0 saturated heterocycles. The maximum atomic E-state index is 13.0. The van der Waals surface area contributed by atoms with Crippen LogP contribution in [0.25, 0.3) is 0 Å². The lowest BCUT2D eigenvalue weighted by Crippen LogP contribution is -2.01. The Balaban J connectivity index is 2.82. The monoisotopic (exact) mass is 227 g/mol. The molecule has 15 heavy (non-hydrogen) atoms. The molecule has 0 aliphatic carbocycles. The minimum Gasteiger partial charge on any atom is -0.494 e. The van der Waals surface area contributed by atoms with Gasteiger partial charge in [0.2, 0.25) is 0 Å². The van der Waals surface area contributed by atoms with Gasteiger partial charge in [-0.05, 0) is 29.5 Å². The number of hydrogen-bond acceptors (Lipinski definition) is 4. The van der Waals surface area contributed by atoms with Crippen molar-refractivity contribution in [2.45, 2.75) is 6.10 Å². The van der Waals surface area contributed by atoms with Crippen molar-refractivity contribution in [1.29, 1.82) is 5.26 Å². The van der Waals surface area contributed by atoms with Crippen LogP contribution in [-0.4, -0.2) is 18.0 Å². The highest BCUT2D eigenvalue weighted by atomic mass is 32.2. The minimum atomic E-state index is -0.788. The number of aliphatic hydroxyl groups excluding tert-OH is 1. The first-order valence-electron chi connectivity index (χ1n) is 4.21. The summed E-state index contributed by atoms with van der Waals surface area (Å²) in [6.45, 7) is 0. The van der Waals surface area contributed by atoms with Gasteiger partial charge < -0.3 is 9.84 Å². The minimum absolute atomic E-state index is 0.0912. The van der Waals surface area contributed by atoms with Crippen molar-refractivity contribution >= 4 is 11.8 Å². The Morgan fingerprint density at radius 1 is 1.67 bits per heavy atom. The summed E-state index contributed by atoms with van der Waals surface area (Å²) in [5, 5.41) is 19.8. The van der Waals surface area contributed by atoms with Gasteiger partial charge in [0, 0.05) is 5.75 Å². The largest absolute Gasteiger partial charge is 0.494 e. The fourth-order valence-electron chi connectivity index (χ4n) is 1.10. The third-order valence-electron chi connectivity index (χ3n) is 1.87. The molecule has 0 spiro atoms. The van der Waals surface area contributed by atoms with Crippen LogP contribution in [0.4, 0.5) is 4.39 Å². The number of methoxy groups -OCH3 is 1. The van der Waals surface area contributed by atoms with Crippen LogP contribution >= 0.6 is 11.8 Å². The van der Waals surface area contributed by atoms with Crippen LogP contribution in [0.1, 0.15) is 11.7 Å². The molecule has 0 saturated carbocycles. The number of thiocyanates is 1. The fraction of sp³-hybridized carbons (Fsp3) is 0.300. The van der Waals surface area contributed by atoms with E-state index < -0.39 is 11.9 Å². The van der Waals surface area contributed by atoms with Gasteiger partial charge in [-0.3, -0.25) is 0 Å². The summed E-state index contributed by atoms with van der Waals surface area (Å²) in [5.74, 6) is -0.124. The van der Waals surface area contributed by atoms with Crippen LogP contribution in [0.3, 0.4) is 0 Å². The predicted molar refractivity (Wildman–Crippen MR) is 56.0 cm³/mol. The number of ether oxygens (including phenoxy) is 1. The summed E-state index contributed by atoms with van der Waals surface area (Å²) in [4.78, 5) is 0. The van der Waals surface area contributed by atoms with E-state index in [9.17, 15) is 9.50 Å². The molecular formula is C10H10FNO2S. The molecule has 1 unspecified atom stereocenters. The second-order valence-electron chi connectivity index (χ2n) is 2.81. The van der Waals surface area contributed by atoms with Gasteiger partial charge in [0.1, 0.15) is 5.40 Å². The number of aliphatic hydroxyl groups is 1. The van der Waals surface area contributed by atoms with Crippen LogP contribution in [0.5, 0.6) is 5.75 Å². The normalized spacial score (nSPS) is 11.9. The molecule has 0 aromatic heterocycles. The Kier molecular flexibility index (Phi) is 4.40. The van der Waals surface area contributed by atoms with Crippen molar-refractivity contribution in [1.82, 2.24) is 0 Å². The predicted octanol–water partition coefficient (Wildman–Crippen LogP) is 2.08. The molecule has 80 valence electrons. The van der Waals surface area contributed by atoms with E-state index in [2.05, 4.69) is 0 Å². The highest BCUT2D eigenvalue weighted by Crippen LogP contribution is 2.24. The maximum Gasteiger partial charge on any atom is 0.165 e. The number of rotatable bonds is 4. The Bertz CT molecular complexity index is 378. The first kappa shape index (κ1) is 11.8. The van der Waals surface area contributed by atoms with Gasteiger partial charge in [-0.1, -0.05) is 6.07 Å². The maximum absolute atomic E-state index is 13.0. The van der Waals surface area contributed by atoms with Crippen LogP contribution in [0, 0.1) is 16.5 Å². The third-order valence-corrected chi connectivity index (χ3v) is 2.48. The van der Waals surface area contributed by atoms with E-state index in [0.717, 1.165) is 11.8 Å². The van der Waals surface area contributed by atoms with Crippen LogP contribution in [-0.2, 0) is 0 Å². The second-order valence-corrected chi connectivity index (χ2v) is 3.62. The first-order valence-corrected chi connectivity index (χ1v) is 5.20. The first-order chi connectivity index (χ1) is 7.19. The fourth-order valence-corrected chi connectivity index (χ4v) is 1.52. The number of nitrogens with zero attached hydrogens (tertiary/aromatic N) is 1. The second kappa shape index (κ2) is 5.59. The molecular weight excluding hydrogens is 217 g/mol. The zero-order valence-corrected chi connectivity index (χ0v) is 8.92. The molecule has 3 nitrogen and oxygen atoms in total. The lowest BCUT2D eigenvalue weighted by Gasteiger charge is -2.10. The Hall–Kier alpha value is -1.25. The third kappa shape index (κ3) is 3.11. The van der Waals surface area contributed by atoms with E-state index in [1.807, 2.05) is 5.40 Å². The summed E-state index contributed by atoms with van der Waals surface area (Å²) < 4.78 is 17.8. The van der Waals surface area contributed by atoms with E-state index >= 15 is 0 Å². The van der Waals surface area contributed by atoms with Crippen molar-refractivity contribution in [3.05, 3.63) is 29.6 Å². The van der Waals surface area contributed by atoms with Gasteiger partial charge in [0.05, 0.1) is 13.2 Å². The smallest absolute Gasteiger partial charge is 0.165 e. The molecule has 0 fully saturated rings. The van der Waals surface area contributed by atoms with Gasteiger partial charge >= 0.3 is 0 Å². The molecule has 1 aromatic carbocycles. The van der Waals surface area contributed by atoms with Crippen molar-refractivity contribution in [2.75, 3.05) is 12.9 Å². The molecule has 1 N–H and O–H groups in total. The van der Waals surface area contributed by atoms with Crippen molar-refractivity contribution < 1.29 is 14.2 Å². The van der Waals surface area contributed by atoms with E-state index in [0.29, 0.717) is 5.56 Å². The van der Waals surface area contributed by atoms with Crippen molar-refractivity contribution in [2.24, 2.45) is 0 Å². The van der Waals surface area contributed by atoms with E-state index in [1.54, 1.807) is 0 Å². The molecule has 0 radical (unpaired) electrons.